The average Bonchev–Trinajstić information content (AvgIpc) is 2.16. The Labute approximate surface area is 92.2 Å². The zero-order valence-corrected chi connectivity index (χ0v) is 8.78. The Bertz CT molecular complexity index is 392. The number of carbonyl (C=O) groups is 1. The normalized spacial score (nSPS) is 11.9. The zero-order valence-electron chi connectivity index (χ0n) is 8.78. The lowest BCUT2D eigenvalue weighted by Gasteiger charge is -2.10. The van der Waals surface area contributed by atoms with Crippen molar-refractivity contribution >= 4 is 5.97 Å². The fourth-order valence-corrected chi connectivity index (χ4v) is 1.43. The number of halogens is 2. The van der Waals surface area contributed by atoms with Gasteiger partial charge in [0, 0.05) is 5.92 Å². The summed E-state index contributed by atoms with van der Waals surface area (Å²) in [4.78, 5) is 10.6. The van der Waals surface area contributed by atoms with E-state index in [4.69, 9.17) is 5.11 Å². The molecular formula is C12H12F2O2. The third-order valence-electron chi connectivity index (χ3n) is 2.23. The van der Waals surface area contributed by atoms with Crippen LogP contribution in [0.25, 0.3) is 0 Å². The van der Waals surface area contributed by atoms with Crippen LogP contribution in [0.5, 0.6) is 0 Å². The summed E-state index contributed by atoms with van der Waals surface area (Å²) in [7, 11) is 0. The molecule has 0 saturated heterocycles. The minimum Gasteiger partial charge on any atom is -0.481 e. The molecule has 86 valence electrons. The standard InChI is InChI=1S/C12H12F2O2/c1-8-2-4-9(5-3-8)10(6-11(13)14)7-12(15)16/h2-6,10H,7H2,1H3,(H,15,16). The van der Waals surface area contributed by atoms with Crippen molar-refractivity contribution in [2.24, 2.45) is 0 Å². The van der Waals surface area contributed by atoms with Crippen LogP contribution in [0, 0.1) is 6.92 Å². The van der Waals surface area contributed by atoms with Gasteiger partial charge in [-0.15, -0.1) is 0 Å². The van der Waals surface area contributed by atoms with Crippen LogP contribution >= 0.6 is 0 Å². The van der Waals surface area contributed by atoms with Crippen molar-refractivity contribution in [2.45, 2.75) is 19.3 Å². The quantitative estimate of drug-likeness (QED) is 0.854. The van der Waals surface area contributed by atoms with E-state index in [1.54, 1.807) is 24.3 Å². The Balaban J connectivity index is 2.96. The highest BCUT2D eigenvalue weighted by molar-refractivity contribution is 5.68. The molecule has 0 fully saturated rings. The lowest BCUT2D eigenvalue weighted by molar-refractivity contribution is -0.137. The summed E-state index contributed by atoms with van der Waals surface area (Å²) < 4.78 is 24.3. The number of aryl methyl sites for hydroxylation is 1. The molecule has 1 rings (SSSR count). The fourth-order valence-electron chi connectivity index (χ4n) is 1.43. The summed E-state index contributed by atoms with van der Waals surface area (Å²) in [6.07, 6.45) is -1.51. The summed E-state index contributed by atoms with van der Waals surface area (Å²) >= 11 is 0. The number of hydrogen-bond acceptors (Lipinski definition) is 1. The van der Waals surface area contributed by atoms with Gasteiger partial charge in [-0.2, -0.15) is 8.78 Å². The van der Waals surface area contributed by atoms with Crippen molar-refractivity contribution < 1.29 is 18.7 Å². The maximum atomic E-state index is 12.2. The maximum absolute atomic E-state index is 12.2. The minimum absolute atomic E-state index is 0.333. The Kier molecular flexibility index (Phi) is 4.17. The predicted molar refractivity (Wildman–Crippen MR) is 56.5 cm³/mol. The van der Waals surface area contributed by atoms with Crippen molar-refractivity contribution in [1.29, 1.82) is 0 Å². The van der Waals surface area contributed by atoms with E-state index in [1.165, 1.54) is 0 Å². The van der Waals surface area contributed by atoms with Gasteiger partial charge in [-0.25, -0.2) is 0 Å². The lowest BCUT2D eigenvalue weighted by Crippen LogP contribution is -2.04. The first kappa shape index (κ1) is 12.4. The number of allylic oxidation sites excluding steroid dienone is 1. The first-order valence-corrected chi connectivity index (χ1v) is 4.80. The molecule has 0 aliphatic heterocycles. The molecule has 0 saturated carbocycles. The fraction of sp³-hybridized carbons (Fsp3) is 0.250. The molecule has 0 bridgehead atoms. The van der Waals surface area contributed by atoms with Gasteiger partial charge in [0.1, 0.15) is 0 Å². The number of benzene rings is 1. The van der Waals surface area contributed by atoms with E-state index in [-0.39, 0.29) is 6.42 Å². The molecule has 0 amide bonds. The lowest BCUT2D eigenvalue weighted by atomic mass is 9.95. The summed E-state index contributed by atoms with van der Waals surface area (Å²) in [6, 6.07) is 6.88. The third kappa shape index (κ3) is 3.81. The van der Waals surface area contributed by atoms with Gasteiger partial charge in [0.15, 0.2) is 0 Å². The van der Waals surface area contributed by atoms with Crippen LogP contribution in [0.2, 0.25) is 0 Å². The van der Waals surface area contributed by atoms with Gasteiger partial charge in [-0.05, 0) is 18.6 Å². The van der Waals surface area contributed by atoms with Gasteiger partial charge in [0.2, 0.25) is 0 Å². The Morgan fingerprint density at radius 2 is 1.94 bits per heavy atom. The van der Waals surface area contributed by atoms with Gasteiger partial charge < -0.3 is 5.11 Å². The molecule has 16 heavy (non-hydrogen) atoms. The number of aliphatic carboxylic acids is 1. The number of carboxylic acid groups (broad SMARTS) is 1. The zero-order chi connectivity index (χ0) is 12.1. The van der Waals surface area contributed by atoms with E-state index in [9.17, 15) is 13.6 Å². The highest BCUT2D eigenvalue weighted by Gasteiger charge is 2.14. The van der Waals surface area contributed by atoms with E-state index in [2.05, 4.69) is 0 Å². The second-order valence-corrected chi connectivity index (χ2v) is 3.57. The van der Waals surface area contributed by atoms with Crippen LogP contribution in [-0.4, -0.2) is 11.1 Å². The van der Waals surface area contributed by atoms with E-state index >= 15 is 0 Å². The summed E-state index contributed by atoms with van der Waals surface area (Å²) in [5.41, 5.74) is 1.59. The van der Waals surface area contributed by atoms with E-state index in [1.807, 2.05) is 6.92 Å². The predicted octanol–water partition coefficient (Wildman–Crippen LogP) is 3.33. The number of rotatable bonds is 4. The summed E-state index contributed by atoms with van der Waals surface area (Å²) in [5, 5.41) is 8.64. The smallest absolute Gasteiger partial charge is 0.304 e. The molecule has 0 radical (unpaired) electrons. The Hall–Kier alpha value is -1.71. The molecule has 1 aromatic rings. The van der Waals surface area contributed by atoms with Crippen LogP contribution in [0.1, 0.15) is 23.5 Å². The first-order chi connectivity index (χ1) is 7.49. The van der Waals surface area contributed by atoms with Crippen LogP contribution in [-0.2, 0) is 4.79 Å². The van der Waals surface area contributed by atoms with Crippen molar-refractivity contribution in [2.75, 3.05) is 0 Å². The van der Waals surface area contributed by atoms with Crippen LogP contribution in [0.3, 0.4) is 0 Å². The number of hydrogen-bond donors (Lipinski definition) is 1. The van der Waals surface area contributed by atoms with Gasteiger partial charge in [-0.1, -0.05) is 29.8 Å². The van der Waals surface area contributed by atoms with Crippen molar-refractivity contribution in [3.05, 3.63) is 47.5 Å². The minimum atomic E-state index is -1.85. The molecule has 1 unspecified atom stereocenters. The van der Waals surface area contributed by atoms with Crippen LogP contribution in [0.4, 0.5) is 8.78 Å². The maximum Gasteiger partial charge on any atom is 0.304 e. The SMILES string of the molecule is Cc1ccc(C(C=C(F)F)CC(=O)O)cc1. The molecule has 0 aliphatic rings. The van der Waals surface area contributed by atoms with E-state index in [0.717, 1.165) is 5.56 Å². The molecule has 0 aliphatic carbocycles. The van der Waals surface area contributed by atoms with Crippen LogP contribution in [0.15, 0.2) is 36.4 Å². The summed E-state index contributed by atoms with van der Waals surface area (Å²) in [5.74, 6) is -1.87. The molecule has 0 spiro atoms. The van der Waals surface area contributed by atoms with Gasteiger partial charge in [0.05, 0.1) is 6.42 Å². The molecule has 0 heterocycles. The van der Waals surface area contributed by atoms with Crippen molar-refractivity contribution in [3.63, 3.8) is 0 Å². The largest absolute Gasteiger partial charge is 0.481 e. The highest BCUT2D eigenvalue weighted by atomic mass is 19.3. The van der Waals surface area contributed by atoms with Crippen molar-refractivity contribution in [3.8, 4) is 0 Å². The first-order valence-electron chi connectivity index (χ1n) is 4.80. The molecular weight excluding hydrogens is 214 g/mol. The molecule has 4 heteroatoms. The topological polar surface area (TPSA) is 37.3 Å². The Morgan fingerprint density at radius 3 is 2.38 bits per heavy atom. The molecule has 1 aromatic carbocycles. The monoisotopic (exact) mass is 226 g/mol. The third-order valence-corrected chi connectivity index (χ3v) is 2.23. The summed E-state index contributed by atoms with van der Waals surface area (Å²) in [6.45, 7) is 1.88. The second-order valence-electron chi connectivity index (χ2n) is 3.57. The highest BCUT2D eigenvalue weighted by Crippen LogP contribution is 2.23. The van der Waals surface area contributed by atoms with Gasteiger partial charge in [-0.3, -0.25) is 4.79 Å². The average molecular weight is 226 g/mol. The molecule has 2 nitrogen and oxygen atoms in total. The second kappa shape index (κ2) is 5.39. The molecule has 1 N–H and O–H groups in total. The molecule has 1 atom stereocenters. The van der Waals surface area contributed by atoms with E-state index < -0.39 is 18.0 Å². The van der Waals surface area contributed by atoms with E-state index in [0.29, 0.717) is 11.6 Å². The molecule has 0 aromatic heterocycles. The number of carboxylic acids is 1. The van der Waals surface area contributed by atoms with Crippen molar-refractivity contribution in [1.82, 2.24) is 0 Å². The Morgan fingerprint density at radius 1 is 1.38 bits per heavy atom. The van der Waals surface area contributed by atoms with Gasteiger partial charge >= 0.3 is 5.97 Å². The van der Waals surface area contributed by atoms with Gasteiger partial charge in [0.25, 0.3) is 6.08 Å². The van der Waals surface area contributed by atoms with Crippen LogP contribution < -0.4 is 0 Å².